The second-order valence-corrected chi connectivity index (χ2v) is 5.38. The van der Waals surface area contributed by atoms with Crippen LogP contribution in [0.15, 0.2) is 0 Å². The lowest BCUT2D eigenvalue weighted by atomic mass is 9.96. The van der Waals surface area contributed by atoms with E-state index in [9.17, 15) is 9.13 Å². The van der Waals surface area contributed by atoms with E-state index in [2.05, 4.69) is 9.05 Å². The van der Waals surface area contributed by atoms with E-state index in [0.717, 1.165) is 25.7 Å². The lowest BCUT2D eigenvalue weighted by Crippen LogP contribution is -2.49. The Morgan fingerprint density at radius 2 is 1.41 bits per heavy atom. The van der Waals surface area contributed by atoms with Crippen LogP contribution in [-0.2, 0) is 18.2 Å². The monoisotopic (exact) mass is 285 g/mol. The van der Waals surface area contributed by atoms with Gasteiger partial charge in [-0.05, 0) is 12.8 Å². The molecule has 0 aromatic heterocycles. The summed E-state index contributed by atoms with van der Waals surface area (Å²) in [5.74, 6) is -2.32. The zero-order valence-electron chi connectivity index (χ0n) is 9.32. The van der Waals surface area contributed by atoms with Crippen LogP contribution in [0, 0.1) is 5.92 Å². The molecule has 1 aliphatic carbocycles. The number of hydrogen-bond donors (Lipinski definition) is 3. The lowest BCUT2D eigenvalue weighted by molar-refractivity contribution is -0.156. The Labute approximate surface area is 101 Å². The standard InChI is InChI=1S/C8H15NO6P2/c9-8(14-16(10)11,15-17(12)13)7-5-3-1-2-4-6-7/h7H,1-6,9H2/p+2. The largest absolute Gasteiger partial charge is 0.699 e. The normalized spacial score (nSPS) is 23.7. The summed E-state index contributed by atoms with van der Waals surface area (Å²) in [6.45, 7) is 0. The first kappa shape index (κ1) is 15.1. The van der Waals surface area contributed by atoms with E-state index >= 15 is 0 Å². The summed E-state index contributed by atoms with van der Waals surface area (Å²) in [6.07, 6.45) is 5.15. The van der Waals surface area contributed by atoms with E-state index < -0.39 is 22.4 Å². The van der Waals surface area contributed by atoms with Gasteiger partial charge >= 0.3 is 22.4 Å². The highest BCUT2D eigenvalue weighted by Gasteiger charge is 2.52. The first-order chi connectivity index (χ1) is 7.94. The molecule has 0 radical (unpaired) electrons. The molecule has 1 saturated carbocycles. The minimum Gasteiger partial charge on any atom is -0.272 e. The second-order valence-electron chi connectivity index (χ2n) is 4.07. The molecular formula is C8H17NO6P2+2. The van der Waals surface area contributed by atoms with Crippen LogP contribution < -0.4 is 5.73 Å². The van der Waals surface area contributed by atoms with Crippen molar-refractivity contribution in [3.05, 3.63) is 0 Å². The van der Waals surface area contributed by atoms with Crippen molar-refractivity contribution in [3.8, 4) is 0 Å². The van der Waals surface area contributed by atoms with Crippen molar-refractivity contribution in [2.45, 2.75) is 44.4 Å². The fourth-order valence-electron chi connectivity index (χ4n) is 2.09. The van der Waals surface area contributed by atoms with E-state index in [4.69, 9.17) is 15.5 Å². The fourth-order valence-corrected chi connectivity index (χ4v) is 3.01. The highest BCUT2D eigenvalue weighted by molar-refractivity contribution is 7.33. The Morgan fingerprint density at radius 1 is 1.00 bits per heavy atom. The smallest absolute Gasteiger partial charge is 0.272 e. The summed E-state index contributed by atoms with van der Waals surface area (Å²) in [5.41, 5.74) is 5.71. The van der Waals surface area contributed by atoms with E-state index in [1.54, 1.807) is 0 Å². The van der Waals surface area contributed by atoms with Gasteiger partial charge in [0.2, 0.25) is 0 Å². The van der Waals surface area contributed by atoms with Crippen molar-refractivity contribution >= 4 is 16.5 Å². The quantitative estimate of drug-likeness (QED) is 0.401. The van der Waals surface area contributed by atoms with Crippen LogP contribution in [0.5, 0.6) is 0 Å². The molecule has 2 atom stereocenters. The molecule has 4 N–H and O–H groups in total. The van der Waals surface area contributed by atoms with Crippen LogP contribution in [0.3, 0.4) is 0 Å². The van der Waals surface area contributed by atoms with Crippen LogP contribution in [0.25, 0.3) is 0 Å². The second kappa shape index (κ2) is 6.81. The maximum atomic E-state index is 10.7. The summed E-state index contributed by atoms with van der Waals surface area (Å²) in [6, 6.07) is 0. The molecule has 7 nitrogen and oxygen atoms in total. The average Bonchev–Trinajstić information content (AvgIpc) is 2.42. The van der Waals surface area contributed by atoms with Crippen LogP contribution in [-0.4, -0.2) is 15.7 Å². The third-order valence-electron chi connectivity index (χ3n) is 2.87. The predicted molar refractivity (Wildman–Crippen MR) is 59.9 cm³/mol. The Hall–Kier alpha value is -0.0000000000000000763. The van der Waals surface area contributed by atoms with Crippen molar-refractivity contribution in [3.63, 3.8) is 0 Å². The van der Waals surface area contributed by atoms with Gasteiger partial charge in [-0.3, -0.25) is 5.73 Å². The zero-order valence-corrected chi connectivity index (χ0v) is 11.1. The molecule has 1 aliphatic rings. The predicted octanol–water partition coefficient (Wildman–Crippen LogP) is 1.90. The van der Waals surface area contributed by atoms with Crippen LogP contribution in [0.4, 0.5) is 0 Å². The van der Waals surface area contributed by atoms with Crippen molar-refractivity contribution in [1.29, 1.82) is 0 Å². The summed E-state index contributed by atoms with van der Waals surface area (Å²) in [5, 5.41) is 0. The van der Waals surface area contributed by atoms with Gasteiger partial charge in [-0.25, -0.2) is 0 Å². The highest BCUT2D eigenvalue weighted by Crippen LogP contribution is 2.40. The number of rotatable bonds is 5. The topological polar surface area (TPSA) is 119 Å². The molecule has 9 heteroatoms. The minimum atomic E-state index is -2.99. The summed E-state index contributed by atoms with van der Waals surface area (Å²) in [7, 11) is -5.98. The van der Waals surface area contributed by atoms with E-state index in [-0.39, 0.29) is 5.92 Å². The minimum absolute atomic E-state index is 0.359. The van der Waals surface area contributed by atoms with Crippen LogP contribution >= 0.6 is 16.5 Å². The molecule has 1 fully saturated rings. The third-order valence-corrected chi connectivity index (χ3v) is 3.75. The molecule has 98 valence electrons. The molecule has 2 unspecified atom stereocenters. The Kier molecular flexibility index (Phi) is 6.03. The molecule has 17 heavy (non-hydrogen) atoms. The first-order valence-electron chi connectivity index (χ1n) is 5.43. The molecule has 0 aromatic rings. The lowest BCUT2D eigenvalue weighted by Gasteiger charge is -2.24. The SMILES string of the molecule is NC(O[P+](=O)O)(O[P+](=O)O)C1CCCCCC1. The molecule has 0 saturated heterocycles. The molecular weight excluding hydrogens is 268 g/mol. The van der Waals surface area contributed by atoms with Crippen molar-refractivity contribution in [1.82, 2.24) is 0 Å². The summed E-state index contributed by atoms with van der Waals surface area (Å²) >= 11 is 0. The Morgan fingerprint density at radius 3 is 1.76 bits per heavy atom. The van der Waals surface area contributed by atoms with Gasteiger partial charge in [-0.1, -0.05) is 34.7 Å². The Bertz CT molecular complexity index is 276. The van der Waals surface area contributed by atoms with Gasteiger partial charge in [0.15, 0.2) is 0 Å². The van der Waals surface area contributed by atoms with E-state index in [0.29, 0.717) is 12.8 Å². The van der Waals surface area contributed by atoms with Gasteiger partial charge in [-0.2, -0.15) is 0 Å². The molecule has 1 rings (SSSR count). The van der Waals surface area contributed by atoms with Gasteiger partial charge in [0.05, 0.1) is 0 Å². The number of nitrogens with two attached hydrogens (primary N) is 1. The van der Waals surface area contributed by atoms with Gasteiger partial charge in [0.25, 0.3) is 0 Å². The van der Waals surface area contributed by atoms with Crippen LogP contribution in [0.1, 0.15) is 38.5 Å². The maximum absolute atomic E-state index is 10.7. The van der Waals surface area contributed by atoms with E-state index in [1.807, 2.05) is 0 Å². The number of hydrogen-bond acceptors (Lipinski definition) is 5. The average molecular weight is 285 g/mol. The molecule has 0 amide bonds. The molecule has 0 spiro atoms. The summed E-state index contributed by atoms with van der Waals surface area (Å²) in [4.78, 5) is 17.5. The molecule has 0 bridgehead atoms. The third kappa shape index (κ3) is 5.02. The molecule has 0 aromatic carbocycles. The molecule has 0 heterocycles. The Balaban J connectivity index is 2.78. The van der Waals surface area contributed by atoms with Gasteiger partial charge in [0.1, 0.15) is 0 Å². The van der Waals surface area contributed by atoms with Crippen molar-refractivity contribution in [2.75, 3.05) is 0 Å². The van der Waals surface area contributed by atoms with Crippen molar-refractivity contribution < 1.29 is 28.0 Å². The summed E-state index contributed by atoms with van der Waals surface area (Å²) < 4.78 is 30.7. The molecule has 0 aliphatic heterocycles. The van der Waals surface area contributed by atoms with Gasteiger partial charge < -0.3 is 0 Å². The zero-order chi connectivity index (χ0) is 12.9. The van der Waals surface area contributed by atoms with Gasteiger partial charge in [-0.15, -0.1) is 9.79 Å². The first-order valence-corrected chi connectivity index (χ1v) is 7.69. The van der Waals surface area contributed by atoms with E-state index in [1.165, 1.54) is 0 Å². The maximum Gasteiger partial charge on any atom is 0.699 e. The van der Waals surface area contributed by atoms with Crippen molar-refractivity contribution in [2.24, 2.45) is 11.7 Å². The fraction of sp³-hybridized carbons (Fsp3) is 1.00. The highest BCUT2D eigenvalue weighted by atomic mass is 31.1. The van der Waals surface area contributed by atoms with Crippen LogP contribution in [0.2, 0.25) is 0 Å². The van der Waals surface area contributed by atoms with Gasteiger partial charge in [0, 0.05) is 15.0 Å².